The highest BCUT2D eigenvalue weighted by Gasteiger charge is 2.24. The smallest absolute Gasteiger partial charge is 0.258 e. The quantitative estimate of drug-likeness (QED) is 0.909. The van der Waals surface area contributed by atoms with Gasteiger partial charge in [-0.05, 0) is 19.3 Å². The molecule has 1 amide bonds. The van der Waals surface area contributed by atoms with Gasteiger partial charge in [0.25, 0.3) is 5.91 Å². The molecular formula is C13H19ClN2O2S. The van der Waals surface area contributed by atoms with Crippen LogP contribution in [0.2, 0.25) is 4.34 Å². The molecule has 1 unspecified atom stereocenters. The number of nitrogens with one attached hydrogen (secondary N) is 1. The zero-order chi connectivity index (χ0) is 13.8. The van der Waals surface area contributed by atoms with Gasteiger partial charge in [-0.25, -0.2) is 0 Å². The van der Waals surface area contributed by atoms with E-state index in [1.807, 2.05) is 0 Å². The van der Waals surface area contributed by atoms with E-state index in [4.69, 9.17) is 16.3 Å². The molecule has 1 fully saturated rings. The third kappa shape index (κ3) is 3.22. The topological polar surface area (TPSA) is 41.6 Å². The van der Waals surface area contributed by atoms with E-state index in [0.717, 1.165) is 13.0 Å². The number of carbonyl (C=O) groups is 1. The van der Waals surface area contributed by atoms with Gasteiger partial charge in [-0.2, -0.15) is 0 Å². The summed E-state index contributed by atoms with van der Waals surface area (Å²) in [6.45, 7) is 3.81. The first kappa shape index (κ1) is 14.6. The third-order valence-corrected chi connectivity index (χ3v) is 4.77. The summed E-state index contributed by atoms with van der Waals surface area (Å²) in [6, 6.07) is 0.583. The number of ether oxygens (including phenoxy) is 1. The van der Waals surface area contributed by atoms with Crippen LogP contribution in [0.3, 0.4) is 0 Å². The Bertz CT molecular complexity index is 450. The first-order chi connectivity index (χ1) is 9.17. The van der Waals surface area contributed by atoms with Crippen LogP contribution in [0, 0.1) is 0 Å². The standard InChI is InChI=1S/C13H19ClN2O2S/c1-3-9-5-4-6-16(9)8-15-13(17)11-10(18-2)7-19-12(11)14/h7,9H,3-6,8H2,1-2H3,(H,15,17). The fraction of sp³-hybridized carbons (Fsp3) is 0.615. The number of nitrogens with zero attached hydrogens (tertiary/aromatic N) is 1. The molecule has 1 aromatic heterocycles. The maximum atomic E-state index is 12.2. The van der Waals surface area contributed by atoms with Crippen LogP contribution in [0.5, 0.6) is 5.75 Å². The van der Waals surface area contributed by atoms with Crippen LogP contribution in [0.25, 0.3) is 0 Å². The van der Waals surface area contributed by atoms with Gasteiger partial charge in [-0.3, -0.25) is 9.69 Å². The van der Waals surface area contributed by atoms with Crippen molar-refractivity contribution in [1.82, 2.24) is 10.2 Å². The molecule has 1 aliphatic heterocycles. The summed E-state index contributed by atoms with van der Waals surface area (Å²) in [6.07, 6.45) is 3.55. The van der Waals surface area contributed by atoms with E-state index >= 15 is 0 Å². The van der Waals surface area contributed by atoms with Crippen molar-refractivity contribution in [3.05, 3.63) is 15.3 Å². The summed E-state index contributed by atoms with van der Waals surface area (Å²) in [5.41, 5.74) is 0.446. The second-order valence-electron chi connectivity index (χ2n) is 4.63. The minimum atomic E-state index is -0.162. The Morgan fingerprint density at radius 1 is 1.68 bits per heavy atom. The zero-order valence-corrected chi connectivity index (χ0v) is 12.8. The Morgan fingerprint density at radius 2 is 2.47 bits per heavy atom. The molecule has 1 atom stereocenters. The van der Waals surface area contributed by atoms with E-state index in [2.05, 4.69) is 17.1 Å². The minimum absolute atomic E-state index is 0.162. The van der Waals surface area contributed by atoms with Gasteiger partial charge in [0.05, 0.1) is 13.8 Å². The van der Waals surface area contributed by atoms with Gasteiger partial charge < -0.3 is 10.1 Å². The van der Waals surface area contributed by atoms with Crippen LogP contribution in [0.15, 0.2) is 5.38 Å². The van der Waals surface area contributed by atoms with Crippen molar-refractivity contribution < 1.29 is 9.53 Å². The molecule has 0 aliphatic carbocycles. The lowest BCUT2D eigenvalue weighted by atomic mass is 10.2. The summed E-state index contributed by atoms with van der Waals surface area (Å²) in [5.74, 6) is 0.380. The Morgan fingerprint density at radius 3 is 3.16 bits per heavy atom. The number of carbonyl (C=O) groups excluding carboxylic acids is 1. The lowest BCUT2D eigenvalue weighted by Gasteiger charge is -2.23. The Balaban J connectivity index is 1.96. The van der Waals surface area contributed by atoms with Crippen LogP contribution < -0.4 is 10.1 Å². The van der Waals surface area contributed by atoms with E-state index in [-0.39, 0.29) is 5.91 Å². The van der Waals surface area contributed by atoms with Crippen molar-refractivity contribution in [1.29, 1.82) is 0 Å². The van der Waals surface area contributed by atoms with Gasteiger partial charge in [0.1, 0.15) is 15.6 Å². The molecule has 2 heterocycles. The van der Waals surface area contributed by atoms with E-state index in [0.29, 0.717) is 28.4 Å². The second kappa shape index (κ2) is 6.59. The van der Waals surface area contributed by atoms with Crippen molar-refractivity contribution in [2.45, 2.75) is 32.2 Å². The second-order valence-corrected chi connectivity index (χ2v) is 6.12. The van der Waals surface area contributed by atoms with Gasteiger partial charge in [0, 0.05) is 18.0 Å². The summed E-state index contributed by atoms with van der Waals surface area (Å²) in [5, 5.41) is 4.69. The van der Waals surface area contributed by atoms with Gasteiger partial charge in [0.15, 0.2) is 0 Å². The largest absolute Gasteiger partial charge is 0.495 e. The molecule has 1 N–H and O–H groups in total. The molecule has 0 bridgehead atoms. The highest BCUT2D eigenvalue weighted by molar-refractivity contribution is 7.15. The minimum Gasteiger partial charge on any atom is -0.495 e. The monoisotopic (exact) mass is 302 g/mol. The molecule has 106 valence electrons. The average Bonchev–Trinajstić information content (AvgIpc) is 3.01. The van der Waals surface area contributed by atoms with Crippen molar-refractivity contribution in [2.24, 2.45) is 0 Å². The zero-order valence-electron chi connectivity index (χ0n) is 11.2. The van der Waals surface area contributed by atoms with Crippen molar-refractivity contribution in [3.63, 3.8) is 0 Å². The first-order valence-corrected chi connectivity index (χ1v) is 7.76. The Kier molecular flexibility index (Phi) is 5.07. The molecule has 1 saturated heterocycles. The van der Waals surface area contributed by atoms with Crippen LogP contribution in [-0.2, 0) is 0 Å². The maximum absolute atomic E-state index is 12.2. The fourth-order valence-electron chi connectivity index (χ4n) is 2.50. The number of halogens is 1. The van der Waals surface area contributed by atoms with E-state index < -0.39 is 0 Å². The van der Waals surface area contributed by atoms with Crippen LogP contribution in [0.1, 0.15) is 36.5 Å². The normalized spacial score (nSPS) is 19.6. The van der Waals surface area contributed by atoms with Crippen LogP contribution in [0.4, 0.5) is 0 Å². The van der Waals surface area contributed by atoms with Gasteiger partial charge in [0.2, 0.25) is 0 Å². The van der Waals surface area contributed by atoms with Gasteiger partial charge >= 0.3 is 0 Å². The number of rotatable bonds is 5. The molecule has 1 aromatic rings. The lowest BCUT2D eigenvalue weighted by Crippen LogP contribution is -2.40. The fourth-order valence-corrected chi connectivity index (χ4v) is 3.55. The molecule has 0 aromatic carbocycles. The predicted octanol–water partition coefficient (Wildman–Crippen LogP) is 2.97. The number of likely N-dealkylation sites (tertiary alicyclic amines) is 1. The van der Waals surface area contributed by atoms with Gasteiger partial charge in [-0.15, -0.1) is 11.3 Å². The van der Waals surface area contributed by atoms with Crippen molar-refractivity contribution in [3.8, 4) is 5.75 Å². The van der Waals surface area contributed by atoms with Crippen LogP contribution >= 0.6 is 22.9 Å². The number of thiophene rings is 1. The van der Waals surface area contributed by atoms with Crippen LogP contribution in [-0.4, -0.2) is 37.2 Å². The van der Waals surface area contributed by atoms with E-state index in [1.54, 1.807) is 12.5 Å². The van der Waals surface area contributed by atoms with E-state index in [1.165, 1.54) is 24.2 Å². The lowest BCUT2D eigenvalue weighted by molar-refractivity contribution is 0.0915. The summed E-state index contributed by atoms with van der Waals surface area (Å²) in [4.78, 5) is 14.5. The summed E-state index contributed by atoms with van der Waals surface area (Å²) >= 11 is 7.35. The van der Waals surface area contributed by atoms with Crippen molar-refractivity contribution in [2.75, 3.05) is 20.3 Å². The summed E-state index contributed by atoms with van der Waals surface area (Å²) in [7, 11) is 1.54. The molecule has 19 heavy (non-hydrogen) atoms. The average molecular weight is 303 g/mol. The molecule has 6 heteroatoms. The highest BCUT2D eigenvalue weighted by atomic mass is 35.5. The third-order valence-electron chi connectivity index (χ3n) is 3.57. The molecule has 2 rings (SSSR count). The first-order valence-electron chi connectivity index (χ1n) is 6.50. The predicted molar refractivity (Wildman–Crippen MR) is 78.2 cm³/mol. The van der Waals surface area contributed by atoms with Crippen molar-refractivity contribution >= 4 is 28.8 Å². The Hall–Kier alpha value is -0.780. The number of hydrogen-bond donors (Lipinski definition) is 1. The molecule has 0 spiro atoms. The summed E-state index contributed by atoms with van der Waals surface area (Å²) < 4.78 is 5.63. The molecule has 1 aliphatic rings. The maximum Gasteiger partial charge on any atom is 0.258 e. The molecule has 0 saturated carbocycles. The highest BCUT2D eigenvalue weighted by Crippen LogP contribution is 2.33. The SMILES string of the molecule is CCC1CCCN1CNC(=O)c1c(OC)csc1Cl. The number of amides is 1. The van der Waals surface area contributed by atoms with Gasteiger partial charge in [-0.1, -0.05) is 18.5 Å². The number of hydrogen-bond acceptors (Lipinski definition) is 4. The number of methoxy groups -OCH3 is 1. The molecule has 4 nitrogen and oxygen atoms in total. The molecular weight excluding hydrogens is 284 g/mol. The molecule has 0 radical (unpaired) electrons. The van der Waals surface area contributed by atoms with E-state index in [9.17, 15) is 4.79 Å². The Labute approximate surface area is 122 Å².